The highest BCUT2D eigenvalue weighted by Crippen LogP contribution is 2.34. The van der Waals surface area contributed by atoms with Crippen LogP contribution in [0.1, 0.15) is 27.9 Å². The first kappa shape index (κ1) is 22.7. The molecule has 0 fully saturated rings. The smallest absolute Gasteiger partial charge is 0.416 e. The number of hydrogen-bond donors (Lipinski definition) is 2. The Hall–Kier alpha value is -2.99. The van der Waals surface area contributed by atoms with Crippen molar-refractivity contribution >= 4 is 21.8 Å². The van der Waals surface area contributed by atoms with Gasteiger partial charge in [0.05, 0.1) is 5.56 Å². The van der Waals surface area contributed by atoms with Gasteiger partial charge >= 0.3 is 6.18 Å². The summed E-state index contributed by atoms with van der Waals surface area (Å²) in [6, 6.07) is 4.98. The molecule has 2 aromatic carbocycles. The van der Waals surface area contributed by atoms with Crippen molar-refractivity contribution in [2.45, 2.75) is 12.2 Å². The second-order valence-electron chi connectivity index (χ2n) is 6.27. The van der Waals surface area contributed by atoms with Gasteiger partial charge in [-0.25, -0.2) is 13.8 Å². The monoisotopic (exact) mass is 505 g/mol. The average Bonchev–Trinajstić information content (AvgIpc) is 3.08. The van der Waals surface area contributed by atoms with Gasteiger partial charge in [0, 0.05) is 5.56 Å². The molecule has 0 aliphatic rings. The second-order valence-corrected chi connectivity index (χ2v) is 6.99. The zero-order valence-electron chi connectivity index (χ0n) is 15.3. The molecule has 0 spiro atoms. The maximum atomic E-state index is 14.2. The zero-order valence-corrected chi connectivity index (χ0v) is 16.9. The van der Waals surface area contributed by atoms with Crippen LogP contribution < -0.4 is 16.2 Å². The summed E-state index contributed by atoms with van der Waals surface area (Å²) in [6.45, 7) is -0.375. The maximum absolute atomic E-state index is 14.2. The molecule has 3 rings (SSSR count). The molecule has 3 aromatic rings. The number of amides is 1. The third-order valence-corrected chi connectivity index (χ3v) is 4.66. The predicted octanol–water partition coefficient (Wildman–Crippen LogP) is 4.58. The summed E-state index contributed by atoms with van der Waals surface area (Å²) < 4.78 is 76.5. The van der Waals surface area contributed by atoms with Crippen molar-refractivity contribution in [2.24, 2.45) is 11.5 Å². The van der Waals surface area contributed by atoms with E-state index in [0.29, 0.717) is 5.56 Å². The lowest BCUT2D eigenvalue weighted by Crippen LogP contribution is -2.21. The molecule has 4 N–H and O–H groups in total. The Balaban J connectivity index is 1.77. The van der Waals surface area contributed by atoms with Gasteiger partial charge in [-0.2, -0.15) is 13.2 Å². The van der Waals surface area contributed by atoms with E-state index in [1.165, 1.54) is 12.1 Å². The van der Waals surface area contributed by atoms with Gasteiger partial charge in [0.2, 0.25) is 5.89 Å². The molecule has 0 saturated heterocycles. The van der Waals surface area contributed by atoms with Gasteiger partial charge in [-0.15, -0.1) is 0 Å². The number of ether oxygens (including phenoxy) is 1. The molecule has 6 nitrogen and oxygen atoms in total. The quantitative estimate of drug-likeness (QED) is 0.477. The second kappa shape index (κ2) is 8.63. The van der Waals surface area contributed by atoms with E-state index in [2.05, 4.69) is 20.9 Å². The van der Waals surface area contributed by atoms with E-state index < -0.39 is 46.6 Å². The number of halogens is 6. The van der Waals surface area contributed by atoms with E-state index in [9.17, 15) is 26.7 Å². The number of oxazole rings is 1. The fourth-order valence-electron chi connectivity index (χ4n) is 2.59. The molecule has 164 valence electrons. The van der Waals surface area contributed by atoms with Crippen molar-refractivity contribution in [3.05, 3.63) is 69.7 Å². The standard InChI is InChI=1S/C19H13BrF5N3O3/c20-16-15(8-1-3-9(4-2-8)19(23,24)25)28-18(31-16)11(26)7-30-12-6-5-10(21)13(14(12)22)17(27)29/h1-6,11H,7,26H2,(H2,27,29). The number of rotatable bonds is 6. The van der Waals surface area contributed by atoms with Crippen LogP contribution in [0.5, 0.6) is 5.75 Å². The first-order chi connectivity index (χ1) is 14.5. The number of alkyl halides is 3. The topological polar surface area (TPSA) is 104 Å². The van der Waals surface area contributed by atoms with Crippen LogP contribution in [0.15, 0.2) is 45.5 Å². The van der Waals surface area contributed by atoms with Gasteiger partial charge in [-0.1, -0.05) is 12.1 Å². The SMILES string of the molecule is NC(=O)c1c(F)ccc(OCC(N)c2nc(-c3ccc(C(F)(F)F)cc3)c(Br)o2)c1F. The molecule has 1 heterocycles. The third-order valence-electron chi connectivity index (χ3n) is 4.13. The van der Waals surface area contributed by atoms with Crippen molar-refractivity contribution < 1.29 is 35.9 Å². The Labute approximate surface area is 180 Å². The minimum atomic E-state index is -4.48. The first-order valence-corrected chi connectivity index (χ1v) is 9.28. The summed E-state index contributed by atoms with van der Waals surface area (Å²) in [7, 11) is 0. The fourth-order valence-corrected chi connectivity index (χ4v) is 3.08. The molecule has 1 atom stereocenters. The van der Waals surface area contributed by atoms with E-state index in [0.717, 1.165) is 24.3 Å². The summed E-state index contributed by atoms with van der Waals surface area (Å²) in [4.78, 5) is 15.3. The molecular formula is C19H13BrF5N3O3. The molecule has 12 heteroatoms. The minimum absolute atomic E-state index is 0.0561. The lowest BCUT2D eigenvalue weighted by atomic mass is 10.1. The van der Waals surface area contributed by atoms with Crippen LogP contribution >= 0.6 is 15.9 Å². The summed E-state index contributed by atoms with van der Waals surface area (Å²) in [5.41, 5.74) is 9.63. The first-order valence-electron chi connectivity index (χ1n) is 8.49. The van der Waals surface area contributed by atoms with Gasteiger partial charge in [-0.05, 0) is 40.2 Å². The van der Waals surface area contributed by atoms with Crippen molar-refractivity contribution in [3.8, 4) is 17.0 Å². The summed E-state index contributed by atoms with van der Waals surface area (Å²) >= 11 is 3.12. The normalized spacial score (nSPS) is 12.6. The average molecular weight is 506 g/mol. The molecule has 1 amide bonds. The lowest BCUT2D eigenvalue weighted by Gasteiger charge is -2.12. The van der Waals surface area contributed by atoms with Crippen LogP contribution in [-0.4, -0.2) is 17.5 Å². The van der Waals surface area contributed by atoms with Gasteiger partial charge in [-0.3, -0.25) is 4.79 Å². The largest absolute Gasteiger partial charge is 0.488 e. The van der Waals surface area contributed by atoms with Crippen LogP contribution in [0.3, 0.4) is 0 Å². The number of benzene rings is 2. The van der Waals surface area contributed by atoms with Crippen LogP contribution in [0.25, 0.3) is 11.3 Å². The zero-order chi connectivity index (χ0) is 22.9. The van der Waals surface area contributed by atoms with Crippen molar-refractivity contribution in [1.82, 2.24) is 4.98 Å². The highest BCUT2D eigenvalue weighted by Gasteiger charge is 2.30. The van der Waals surface area contributed by atoms with E-state index >= 15 is 0 Å². The highest BCUT2D eigenvalue weighted by molar-refractivity contribution is 9.10. The molecule has 0 aliphatic carbocycles. The molecule has 1 unspecified atom stereocenters. The van der Waals surface area contributed by atoms with E-state index in [-0.39, 0.29) is 22.9 Å². The maximum Gasteiger partial charge on any atom is 0.416 e. The fraction of sp³-hybridized carbons (Fsp3) is 0.158. The highest BCUT2D eigenvalue weighted by atomic mass is 79.9. The van der Waals surface area contributed by atoms with Gasteiger partial charge in [0.1, 0.15) is 29.7 Å². The minimum Gasteiger partial charge on any atom is -0.488 e. The Bertz CT molecular complexity index is 1120. The number of aromatic nitrogens is 1. The third kappa shape index (κ3) is 4.85. The van der Waals surface area contributed by atoms with Crippen molar-refractivity contribution in [2.75, 3.05) is 6.61 Å². The number of hydrogen-bond acceptors (Lipinski definition) is 5. The lowest BCUT2D eigenvalue weighted by molar-refractivity contribution is -0.137. The molecule has 31 heavy (non-hydrogen) atoms. The van der Waals surface area contributed by atoms with Gasteiger partial charge < -0.3 is 20.6 Å². The Morgan fingerprint density at radius 3 is 2.39 bits per heavy atom. The van der Waals surface area contributed by atoms with Gasteiger partial charge in [0.15, 0.2) is 16.2 Å². The number of carbonyl (C=O) groups excluding carboxylic acids is 1. The number of nitrogens with two attached hydrogens (primary N) is 2. The number of nitrogens with zero attached hydrogens (tertiary/aromatic N) is 1. The Morgan fingerprint density at radius 2 is 1.81 bits per heavy atom. The number of carbonyl (C=O) groups is 1. The summed E-state index contributed by atoms with van der Waals surface area (Å²) in [5, 5.41) is 0. The van der Waals surface area contributed by atoms with E-state index in [1.807, 2.05) is 0 Å². The van der Waals surface area contributed by atoms with Crippen LogP contribution in [-0.2, 0) is 6.18 Å². The van der Waals surface area contributed by atoms with Crippen LogP contribution in [0, 0.1) is 11.6 Å². The molecule has 1 aromatic heterocycles. The van der Waals surface area contributed by atoms with Crippen LogP contribution in [0.4, 0.5) is 22.0 Å². The molecular weight excluding hydrogens is 493 g/mol. The predicted molar refractivity (Wildman–Crippen MR) is 102 cm³/mol. The van der Waals surface area contributed by atoms with E-state index in [1.54, 1.807) is 0 Å². The molecule has 0 saturated carbocycles. The van der Waals surface area contributed by atoms with Crippen LogP contribution in [0.2, 0.25) is 0 Å². The summed E-state index contributed by atoms with van der Waals surface area (Å²) in [5.74, 6) is -4.24. The van der Waals surface area contributed by atoms with Gasteiger partial charge in [0.25, 0.3) is 5.91 Å². The molecule has 0 aliphatic heterocycles. The summed E-state index contributed by atoms with van der Waals surface area (Å²) in [6.07, 6.45) is -4.48. The Kier molecular flexibility index (Phi) is 6.32. The van der Waals surface area contributed by atoms with Crippen molar-refractivity contribution in [3.63, 3.8) is 0 Å². The van der Waals surface area contributed by atoms with Crippen molar-refractivity contribution in [1.29, 1.82) is 0 Å². The Morgan fingerprint density at radius 1 is 1.16 bits per heavy atom. The molecule has 0 bridgehead atoms. The number of primary amides is 1. The molecule has 0 radical (unpaired) electrons. The van der Waals surface area contributed by atoms with E-state index in [4.69, 9.17) is 20.6 Å².